The lowest BCUT2D eigenvalue weighted by Gasteiger charge is -1.99. The number of carboxylic acid groups (broad SMARTS) is 1. The average molecular weight is 331 g/mol. The van der Waals surface area contributed by atoms with E-state index < -0.39 is 5.97 Å². The Kier molecular flexibility index (Phi) is 2.73. The van der Waals surface area contributed by atoms with Crippen LogP contribution in [0.5, 0.6) is 0 Å². The van der Waals surface area contributed by atoms with Crippen LogP contribution in [0.15, 0.2) is 48.8 Å². The molecule has 7 nitrogen and oxygen atoms in total. The Morgan fingerprint density at radius 1 is 1.16 bits per heavy atom. The highest BCUT2D eigenvalue weighted by atomic mass is 16.4. The van der Waals surface area contributed by atoms with E-state index in [1.165, 1.54) is 0 Å². The SMILES string of the molecule is O=C(O)Cn1cc(-c2nc3cc4c[nH][nH]c4cc3n2)c2ccccc21. The van der Waals surface area contributed by atoms with Crippen molar-refractivity contribution in [3.63, 3.8) is 0 Å². The third-order valence-corrected chi connectivity index (χ3v) is 4.37. The van der Waals surface area contributed by atoms with Crippen molar-refractivity contribution in [2.24, 2.45) is 0 Å². The van der Waals surface area contributed by atoms with E-state index in [1.54, 1.807) is 4.57 Å². The van der Waals surface area contributed by atoms with Crippen LogP contribution in [0.1, 0.15) is 0 Å². The first-order valence-electron chi connectivity index (χ1n) is 7.82. The highest BCUT2D eigenvalue weighted by Crippen LogP contribution is 2.31. The molecular weight excluding hydrogens is 318 g/mol. The number of rotatable bonds is 3. The number of carboxylic acids is 1. The Hall–Kier alpha value is -3.61. The minimum Gasteiger partial charge on any atom is -0.480 e. The van der Waals surface area contributed by atoms with Gasteiger partial charge in [0.25, 0.3) is 0 Å². The average Bonchev–Trinajstić information content (AvgIpc) is 3.28. The smallest absolute Gasteiger partial charge is 0.323 e. The Morgan fingerprint density at radius 2 is 1.96 bits per heavy atom. The second kappa shape index (κ2) is 4.94. The summed E-state index contributed by atoms with van der Waals surface area (Å²) in [7, 11) is 0. The van der Waals surface area contributed by atoms with Gasteiger partial charge in [-0.15, -0.1) is 0 Å². The van der Waals surface area contributed by atoms with Crippen molar-refractivity contribution in [1.29, 1.82) is 0 Å². The summed E-state index contributed by atoms with van der Waals surface area (Å²) in [5.41, 5.74) is 4.27. The first-order chi connectivity index (χ1) is 12.2. The molecule has 0 atom stereocenters. The lowest BCUT2D eigenvalue weighted by atomic mass is 10.2. The normalized spacial score (nSPS) is 11.7. The molecule has 5 rings (SSSR count). The lowest BCUT2D eigenvalue weighted by molar-refractivity contribution is -0.137. The van der Waals surface area contributed by atoms with Crippen molar-refractivity contribution < 1.29 is 9.90 Å². The molecule has 0 unspecified atom stereocenters. The maximum atomic E-state index is 11.1. The molecule has 0 saturated heterocycles. The van der Waals surface area contributed by atoms with Gasteiger partial charge in [-0.05, 0) is 18.2 Å². The van der Waals surface area contributed by atoms with Crippen molar-refractivity contribution in [3.8, 4) is 11.4 Å². The predicted molar refractivity (Wildman–Crippen MR) is 94.3 cm³/mol. The maximum Gasteiger partial charge on any atom is 0.323 e. The maximum absolute atomic E-state index is 11.1. The number of imidazole rings is 1. The largest absolute Gasteiger partial charge is 0.480 e. The number of fused-ring (bicyclic) bond motifs is 3. The summed E-state index contributed by atoms with van der Waals surface area (Å²) in [6.07, 6.45) is 3.69. The van der Waals surface area contributed by atoms with Gasteiger partial charge in [-0.2, -0.15) is 0 Å². The van der Waals surface area contributed by atoms with Crippen molar-refractivity contribution in [1.82, 2.24) is 24.7 Å². The number of H-pyrrole nitrogens is 2. The van der Waals surface area contributed by atoms with E-state index in [9.17, 15) is 4.79 Å². The minimum atomic E-state index is -0.883. The Labute approximate surface area is 140 Å². The van der Waals surface area contributed by atoms with Crippen molar-refractivity contribution >= 4 is 38.8 Å². The molecule has 0 amide bonds. The van der Waals surface area contributed by atoms with E-state index in [1.807, 2.05) is 48.8 Å². The molecule has 0 fully saturated rings. The number of hydrogen-bond donors (Lipinski definition) is 3. The van der Waals surface area contributed by atoms with Crippen LogP contribution in [0, 0.1) is 0 Å². The third-order valence-electron chi connectivity index (χ3n) is 4.37. The summed E-state index contributed by atoms with van der Waals surface area (Å²) >= 11 is 0. The van der Waals surface area contributed by atoms with Gasteiger partial charge in [0.15, 0.2) is 5.82 Å². The number of para-hydroxylation sites is 1. The number of aliphatic carboxylic acids is 1. The van der Waals surface area contributed by atoms with Crippen LogP contribution in [0.4, 0.5) is 0 Å². The molecule has 7 heteroatoms. The number of nitrogens with zero attached hydrogens (tertiary/aromatic N) is 3. The summed E-state index contributed by atoms with van der Waals surface area (Å²) < 4.78 is 1.72. The zero-order valence-electron chi connectivity index (χ0n) is 13.0. The highest BCUT2D eigenvalue weighted by Gasteiger charge is 2.16. The van der Waals surface area contributed by atoms with Gasteiger partial charge < -0.3 is 19.9 Å². The van der Waals surface area contributed by atoms with E-state index in [4.69, 9.17) is 5.11 Å². The molecule has 0 bridgehead atoms. The minimum absolute atomic E-state index is 0.0976. The topological polar surface area (TPSA) is 99.6 Å². The number of hydrogen-bond acceptors (Lipinski definition) is 3. The van der Waals surface area contributed by atoms with E-state index in [-0.39, 0.29) is 6.54 Å². The predicted octanol–water partition coefficient (Wildman–Crippen LogP) is 3.15. The number of aromatic nitrogens is 5. The second-order valence-corrected chi connectivity index (χ2v) is 5.97. The third kappa shape index (κ3) is 2.09. The monoisotopic (exact) mass is 331 g/mol. The molecule has 3 aromatic heterocycles. The van der Waals surface area contributed by atoms with Gasteiger partial charge in [0.2, 0.25) is 0 Å². The van der Waals surface area contributed by atoms with Crippen LogP contribution in [0.25, 0.3) is 44.2 Å². The molecule has 0 aliphatic rings. The van der Waals surface area contributed by atoms with Crippen LogP contribution in [-0.2, 0) is 11.3 Å². The molecule has 0 saturated carbocycles. The summed E-state index contributed by atoms with van der Waals surface area (Å²) in [5.74, 6) is -0.279. The first kappa shape index (κ1) is 13.8. The van der Waals surface area contributed by atoms with E-state index in [2.05, 4.69) is 20.2 Å². The first-order valence-corrected chi connectivity index (χ1v) is 7.82. The molecule has 0 radical (unpaired) electrons. The molecule has 5 aromatic rings. The molecular formula is C18H13N5O2. The number of nitrogens with one attached hydrogen (secondary N) is 2. The van der Waals surface area contributed by atoms with Crippen LogP contribution < -0.4 is 0 Å². The Balaban J connectivity index is 1.74. The number of carbonyl (C=O) groups is 1. The van der Waals surface area contributed by atoms with Gasteiger partial charge in [-0.1, -0.05) is 18.2 Å². The van der Waals surface area contributed by atoms with Crippen molar-refractivity contribution in [2.75, 3.05) is 0 Å². The van der Waals surface area contributed by atoms with Crippen LogP contribution in [0.3, 0.4) is 0 Å². The van der Waals surface area contributed by atoms with E-state index >= 15 is 0 Å². The Morgan fingerprint density at radius 3 is 2.80 bits per heavy atom. The number of benzene rings is 2. The quantitative estimate of drug-likeness (QED) is 0.473. The standard InChI is InChI=1S/C18H13N5O2/c24-17(25)9-23-8-12(11-3-1-2-4-16(11)23)18-20-14-5-10-7-19-22-13(10)6-15(14)21-18/h1-8,19,22H,9H2,(H,24,25). The molecule has 3 N–H and O–H groups in total. The fourth-order valence-corrected chi connectivity index (χ4v) is 3.27. The van der Waals surface area contributed by atoms with Gasteiger partial charge in [-0.3, -0.25) is 4.79 Å². The van der Waals surface area contributed by atoms with Crippen molar-refractivity contribution in [2.45, 2.75) is 6.54 Å². The molecule has 0 aliphatic carbocycles. The van der Waals surface area contributed by atoms with Gasteiger partial charge >= 0.3 is 5.97 Å². The molecule has 2 aromatic carbocycles. The van der Waals surface area contributed by atoms with E-state index in [0.717, 1.165) is 38.4 Å². The van der Waals surface area contributed by atoms with Crippen LogP contribution >= 0.6 is 0 Å². The zero-order valence-corrected chi connectivity index (χ0v) is 13.0. The van der Waals surface area contributed by atoms with Gasteiger partial charge in [0.05, 0.1) is 16.6 Å². The second-order valence-electron chi connectivity index (χ2n) is 5.97. The van der Waals surface area contributed by atoms with Gasteiger partial charge in [0.1, 0.15) is 6.54 Å². The summed E-state index contributed by atoms with van der Waals surface area (Å²) in [6, 6.07) is 11.6. The summed E-state index contributed by atoms with van der Waals surface area (Å²) in [5, 5.41) is 17.1. The van der Waals surface area contributed by atoms with E-state index in [0.29, 0.717) is 5.82 Å². The van der Waals surface area contributed by atoms with Crippen LogP contribution in [-0.4, -0.2) is 35.8 Å². The molecule has 0 aliphatic heterocycles. The molecule has 3 heterocycles. The fourth-order valence-electron chi connectivity index (χ4n) is 3.27. The number of aromatic amines is 2. The van der Waals surface area contributed by atoms with Crippen molar-refractivity contribution in [3.05, 3.63) is 48.8 Å². The van der Waals surface area contributed by atoms with Gasteiger partial charge in [-0.25, -0.2) is 9.97 Å². The lowest BCUT2D eigenvalue weighted by Crippen LogP contribution is -2.07. The summed E-state index contributed by atoms with van der Waals surface area (Å²) in [4.78, 5) is 20.5. The van der Waals surface area contributed by atoms with Gasteiger partial charge in [0, 0.05) is 34.2 Å². The molecule has 25 heavy (non-hydrogen) atoms. The highest BCUT2D eigenvalue weighted by molar-refractivity contribution is 5.98. The van der Waals surface area contributed by atoms with Crippen LogP contribution in [0.2, 0.25) is 0 Å². The molecule has 122 valence electrons. The molecule has 0 spiro atoms. The summed E-state index contributed by atoms with van der Waals surface area (Å²) in [6.45, 7) is -0.0976. The fraction of sp³-hybridized carbons (Fsp3) is 0.0556. The zero-order chi connectivity index (χ0) is 17.0. The Bertz CT molecular complexity index is 1210.